The molecule has 2 rings (SSSR count). The molecule has 18 heavy (non-hydrogen) atoms. The first-order valence-electron chi connectivity index (χ1n) is 7.14. The normalized spacial score (nSPS) is 30.6. The first-order chi connectivity index (χ1) is 8.10. The third-order valence-electron chi connectivity index (χ3n) is 4.63. The maximum Gasteiger partial charge on any atom is 0.225 e. The number of halogens is 1. The van der Waals surface area contributed by atoms with Crippen LogP contribution in [0.15, 0.2) is 0 Å². The van der Waals surface area contributed by atoms with Gasteiger partial charge in [-0.1, -0.05) is 26.2 Å². The van der Waals surface area contributed by atoms with Gasteiger partial charge in [0.2, 0.25) is 5.91 Å². The number of carbonyl (C=O) groups is 1. The molecule has 106 valence electrons. The molecule has 4 heteroatoms. The number of hydrogen-bond acceptors (Lipinski definition) is 2. The zero-order valence-corrected chi connectivity index (χ0v) is 12.2. The van der Waals surface area contributed by atoms with Crippen molar-refractivity contribution >= 4 is 18.3 Å². The number of hydrogen-bond donors (Lipinski definition) is 2. The third kappa shape index (κ3) is 3.86. The third-order valence-corrected chi connectivity index (χ3v) is 4.63. The SMILES string of the molecule is CC1(C(=O)NCC2CCCC(N)C2)CCCC1.Cl. The summed E-state index contributed by atoms with van der Waals surface area (Å²) in [5.74, 6) is 0.877. The summed E-state index contributed by atoms with van der Waals surface area (Å²) in [7, 11) is 0. The van der Waals surface area contributed by atoms with E-state index in [2.05, 4.69) is 12.2 Å². The Morgan fingerprint density at radius 3 is 2.56 bits per heavy atom. The molecule has 0 spiro atoms. The summed E-state index contributed by atoms with van der Waals surface area (Å²) in [4.78, 5) is 12.1. The van der Waals surface area contributed by atoms with Gasteiger partial charge in [0, 0.05) is 18.0 Å². The fourth-order valence-electron chi connectivity index (χ4n) is 3.35. The van der Waals surface area contributed by atoms with Crippen molar-refractivity contribution in [2.75, 3.05) is 6.54 Å². The van der Waals surface area contributed by atoms with Gasteiger partial charge in [-0.3, -0.25) is 4.79 Å². The zero-order valence-electron chi connectivity index (χ0n) is 11.4. The van der Waals surface area contributed by atoms with E-state index in [4.69, 9.17) is 5.73 Å². The van der Waals surface area contributed by atoms with E-state index in [1.165, 1.54) is 25.7 Å². The molecule has 0 aromatic heterocycles. The molecule has 0 aromatic rings. The fourth-order valence-corrected chi connectivity index (χ4v) is 3.35. The first kappa shape index (κ1) is 15.8. The Labute approximate surface area is 117 Å². The number of nitrogens with one attached hydrogen (secondary N) is 1. The van der Waals surface area contributed by atoms with Gasteiger partial charge in [0.1, 0.15) is 0 Å². The van der Waals surface area contributed by atoms with Crippen molar-refractivity contribution < 1.29 is 4.79 Å². The van der Waals surface area contributed by atoms with Crippen LogP contribution in [0.25, 0.3) is 0 Å². The van der Waals surface area contributed by atoms with E-state index in [0.29, 0.717) is 12.0 Å². The van der Waals surface area contributed by atoms with Gasteiger partial charge in [-0.2, -0.15) is 0 Å². The summed E-state index contributed by atoms with van der Waals surface area (Å²) in [6, 6.07) is 0.354. The molecule has 3 nitrogen and oxygen atoms in total. The van der Waals surface area contributed by atoms with E-state index in [1.54, 1.807) is 0 Å². The van der Waals surface area contributed by atoms with Crippen LogP contribution in [0.4, 0.5) is 0 Å². The Balaban J connectivity index is 0.00000162. The number of amides is 1. The van der Waals surface area contributed by atoms with Gasteiger partial charge in [0.25, 0.3) is 0 Å². The Morgan fingerprint density at radius 2 is 1.94 bits per heavy atom. The maximum atomic E-state index is 12.1. The summed E-state index contributed by atoms with van der Waals surface area (Å²) < 4.78 is 0. The minimum absolute atomic E-state index is 0. The van der Waals surface area contributed by atoms with E-state index in [9.17, 15) is 4.79 Å². The second-order valence-corrected chi connectivity index (χ2v) is 6.27. The molecule has 0 bridgehead atoms. The summed E-state index contributed by atoms with van der Waals surface area (Å²) in [5.41, 5.74) is 5.88. The lowest BCUT2D eigenvalue weighted by Gasteiger charge is -2.29. The average Bonchev–Trinajstić information content (AvgIpc) is 2.74. The first-order valence-corrected chi connectivity index (χ1v) is 7.14. The Bertz CT molecular complexity index is 277. The van der Waals surface area contributed by atoms with Crippen molar-refractivity contribution in [3.8, 4) is 0 Å². The molecule has 2 fully saturated rings. The van der Waals surface area contributed by atoms with Crippen LogP contribution < -0.4 is 11.1 Å². The van der Waals surface area contributed by atoms with Gasteiger partial charge in [0.05, 0.1) is 0 Å². The second kappa shape index (κ2) is 6.76. The molecule has 0 heterocycles. The van der Waals surface area contributed by atoms with Crippen LogP contribution in [0.3, 0.4) is 0 Å². The van der Waals surface area contributed by atoms with E-state index in [1.807, 2.05) is 0 Å². The molecule has 1 amide bonds. The molecule has 2 unspecified atom stereocenters. The predicted octanol–water partition coefficient (Wildman–Crippen LogP) is 2.62. The standard InChI is InChI=1S/C14H26N2O.ClH/c1-14(7-2-3-8-14)13(17)16-10-11-5-4-6-12(15)9-11;/h11-12H,2-10,15H2,1H3,(H,16,17);1H. The lowest BCUT2D eigenvalue weighted by Crippen LogP contribution is -2.41. The Morgan fingerprint density at radius 1 is 1.28 bits per heavy atom. The molecular formula is C14H27ClN2O. The van der Waals surface area contributed by atoms with E-state index in [0.717, 1.165) is 32.2 Å². The van der Waals surface area contributed by atoms with Crippen molar-refractivity contribution in [1.82, 2.24) is 5.32 Å². The molecule has 3 N–H and O–H groups in total. The molecule has 2 saturated carbocycles. The molecule has 0 aromatic carbocycles. The highest BCUT2D eigenvalue weighted by Gasteiger charge is 2.36. The van der Waals surface area contributed by atoms with Crippen LogP contribution in [0.2, 0.25) is 0 Å². The van der Waals surface area contributed by atoms with Gasteiger partial charge < -0.3 is 11.1 Å². The van der Waals surface area contributed by atoms with Gasteiger partial charge in [-0.15, -0.1) is 12.4 Å². The number of rotatable bonds is 3. The molecular weight excluding hydrogens is 248 g/mol. The quantitative estimate of drug-likeness (QED) is 0.831. The zero-order chi connectivity index (χ0) is 12.3. The van der Waals surface area contributed by atoms with Gasteiger partial charge >= 0.3 is 0 Å². The fraction of sp³-hybridized carbons (Fsp3) is 0.929. The van der Waals surface area contributed by atoms with Gasteiger partial charge in [0.15, 0.2) is 0 Å². The predicted molar refractivity (Wildman–Crippen MR) is 76.8 cm³/mol. The van der Waals surface area contributed by atoms with Crippen LogP contribution in [0, 0.1) is 11.3 Å². The molecule has 0 saturated heterocycles. The maximum absolute atomic E-state index is 12.1. The van der Waals surface area contributed by atoms with Crippen molar-refractivity contribution in [1.29, 1.82) is 0 Å². The summed E-state index contributed by atoms with van der Waals surface area (Å²) in [6.45, 7) is 2.95. The monoisotopic (exact) mass is 274 g/mol. The molecule has 0 radical (unpaired) electrons. The van der Waals surface area contributed by atoms with Gasteiger partial charge in [-0.05, 0) is 38.0 Å². The van der Waals surface area contributed by atoms with Crippen LogP contribution >= 0.6 is 12.4 Å². The van der Waals surface area contributed by atoms with E-state index >= 15 is 0 Å². The lowest BCUT2D eigenvalue weighted by atomic mass is 9.85. The molecule has 0 aliphatic heterocycles. The number of nitrogens with two attached hydrogens (primary N) is 1. The van der Waals surface area contributed by atoms with Crippen molar-refractivity contribution in [3.05, 3.63) is 0 Å². The van der Waals surface area contributed by atoms with Gasteiger partial charge in [-0.25, -0.2) is 0 Å². The number of carbonyl (C=O) groups excluding carboxylic acids is 1. The highest BCUT2D eigenvalue weighted by atomic mass is 35.5. The minimum atomic E-state index is -0.0865. The lowest BCUT2D eigenvalue weighted by molar-refractivity contribution is -0.130. The summed E-state index contributed by atoms with van der Waals surface area (Å²) in [6.07, 6.45) is 9.21. The average molecular weight is 275 g/mol. The van der Waals surface area contributed by atoms with Crippen molar-refractivity contribution in [2.24, 2.45) is 17.1 Å². The van der Waals surface area contributed by atoms with Crippen LogP contribution in [0.1, 0.15) is 58.3 Å². The summed E-state index contributed by atoms with van der Waals surface area (Å²) in [5, 5.41) is 3.16. The Hall–Kier alpha value is -0.280. The smallest absolute Gasteiger partial charge is 0.225 e. The van der Waals surface area contributed by atoms with Crippen LogP contribution in [0.5, 0.6) is 0 Å². The second-order valence-electron chi connectivity index (χ2n) is 6.27. The molecule has 2 atom stereocenters. The molecule has 2 aliphatic carbocycles. The highest BCUT2D eigenvalue weighted by molar-refractivity contribution is 5.85. The topological polar surface area (TPSA) is 55.1 Å². The van der Waals surface area contributed by atoms with Crippen LogP contribution in [-0.2, 0) is 4.79 Å². The molecule has 2 aliphatic rings. The van der Waals surface area contributed by atoms with Crippen molar-refractivity contribution in [2.45, 2.75) is 64.3 Å². The van der Waals surface area contributed by atoms with E-state index < -0.39 is 0 Å². The highest BCUT2D eigenvalue weighted by Crippen LogP contribution is 2.37. The minimum Gasteiger partial charge on any atom is -0.355 e. The Kier molecular flexibility index (Phi) is 5.93. The van der Waals surface area contributed by atoms with Crippen LogP contribution in [-0.4, -0.2) is 18.5 Å². The summed E-state index contributed by atoms with van der Waals surface area (Å²) >= 11 is 0. The van der Waals surface area contributed by atoms with E-state index in [-0.39, 0.29) is 23.7 Å². The largest absolute Gasteiger partial charge is 0.355 e. The van der Waals surface area contributed by atoms with Crippen molar-refractivity contribution in [3.63, 3.8) is 0 Å².